The van der Waals surface area contributed by atoms with Crippen molar-refractivity contribution < 1.29 is 67.0 Å². The third-order valence-corrected chi connectivity index (χ3v) is 8.14. The van der Waals surface area contributed by atoms with E-state index in [1.165, 1.54) is 0 Å². The number of carbonyl (C=O) groups excluding carboxylic acids is 1. The van der Waals surface area contributed by atoms with Gasteiger partial charge in [0, 0.05) is 0 Å². The second-order valence-corrected chi connectivity index (χ2v) is 11.2. The van der Waals surface area contributed by atoms with E-state index >= 15 is 0 Å². The average Bonchev–Trinajstić information content (AvgIpc) is 3.35. The Kier molecular flexibility index (Phi) is 7.92. The number of fused-ring (bicyclic) bond motifs is 1. The van der Waals surface area contributed by atoms with Crippen LogP contribution in [0.25, 0.3) is 11.2 Å². The van der Waals surface area contributed by atoms with E-state index in [-0.39, 0.29) is 17.1 Å². The lowest BCUT2D eigenvalue weighted by Gasteiger charge is -2.34. The van der Waals surface area contributed by atoms with Gasteiger partial charge in [-0.3, -0.25) is 28.2 Å². The van der Waals surface area contributed by atoms with Gasteiger partial charge in [0.15, 0.2) is 29.5 Å². The van der Waals surface area contributed by atoms with Crippen molar-refractivity contribution in [3.8, 4) is 0 Å². The number of aliphatic hydroxyl groups is 4. The van der Waals surface area contributed by atoms with Gasteiger partial charge in [-0.15, -0.1) is 0 Å². The molecule has 2 fully saturated rings. The number of phosphoric ester groups is 2. The number of ether oxygens (including phenoxy) is 2. The van der Waals surface area contributed by atoms with Gasteiger partial charge in [0.2, 0.25) is 5.95 Å². The molecule has 3 unspecified atom stereocenters. The molecule has 20 nitrogen and oxygen atoms in total. The molecular formula is C16H23N5O15P2. The predicted molar refractivity (Wildman–Crippen MR) is 118 cm³/mol. The Balaban J connectivity index is 1.40. The lowest BCUT2D eigenvalue weighted by atomic mass is 10.0. The molecule has 10 atom stereocenters. The maximum atomic E-state index is 12.3. The molecule has 0 saturated carbocycles. The van der Waals surface area contributed by atoms with E-state index in [0.717, 1.165) is 17.8 Å². The van der Waals surface area contributed by atoms with Crippen LogP contribution in [0.15, 0.2) is 11.1 Å². The van der Waals surface area contributed by atoms with Crippen LogP contribution in [0, 0.1) is 0 Å². The Bertz CT molecular complexity index is 1370. The summed E-state index contributed by atoms with van der Waals surface area (Å²) in [7, 11) is -11.0. The molecule has 0 spiro atoms. The summed E-state index contributed by atoms with van der Waals surface area (Å²) in [5, 5.41) is 40.2. The van der Waals surface area contributed by atoms with Gasteiger partial charge in [-0.2, -0.15) is 9.29 Å². The van der Waals surface area contributed by atoms with E-state index in [1.54, 1.807) is 0 Å². The Morgan fingerprint density at radius 2 is 1.79 bits per heavy atom. The first-order valence-electron chi connectivity index (χ1n) is 10.6. The summed E-state index contributed by atoms with van der Waals surface area (Å²) < 4.78 is 49.0. The zero-order valence-electron chi connectivity index (χ0n) is 19.1. The van der Waals surface area contributed by atoms with E-state index in [1.807, 2.05) is 0 Å². The number of carbonyl (C=O) groups is 1. The second kappa shape index (κ2) is 10.4. The molecule has 0 aromatic carbocycles. The number of rotatable bonds is 8. The van der Waals surface area contributed by atoms with Crippen molar-refractivity contribution >= 4 is 38.5 Å². The Morgan fingerprint density at radius 3 is 2.47 bits per heavy atom. The molecule has 0 amide bonds. The number of Topliss-reactive ketones (excluding diaryl/α,β-unsaturated/α-hetero) is 1. The Morgan fingerprint density at radius 1 is 1.11 bits per heavy atom. The van der Waals surface area contributed by atoms with Crippen LogP contribution in [-0.4, -0.2) is 105 Å². The summed E-state index contributed by atoms with van der Waals surface area (Å²) in [6.07, 6.45) is -12.9. The molecule has 2 aromatic heterocycles. The average molecular weight is 587 g/mol. The van der Waals surface area contributed by atoms with Crippen LogP contribution in [0.2, 0.25) is 0 Å². The minimum Gasteiger partial charge on any atom is -0.387 e. The lowest BCUT2D eigenvalue weighted by Crippen LogP contribution is -2.54. The summed E-state index contributed by atoms with van der Waals surface area (Å²) in [6, 6.07) is 0. The van der Waals surface area contributed by atoms with E-state index in [0.29, 0.717) is 0 Å². The van der Waals surface area contributed by atoms with Gasteiger partial charge in [0.1, 0.15) is 36.6 Å². The number of anilines is 1. The number of nitrogen functional groups attached to an aromatic ring is 1. The van der Waals surface area contributed by atoms with Crippen LogP contribution in [0.5, 0.6) is 0 Å². The molecule has 0 aliphatic carbocycles. The molecular weight excluding hydrogens is 564 g/mol. The van der Waals surface area contributed by atoms with Gasteiger partial charge >= 0.3 is 15.6 Å². The van der Waals surface area contributed by atoms with Crippen molar-refractivity contribution in [3.05, 3.63) is 16.7 Å². The van der Waals surface area contributed by atoms with E-state index in [9.17, 15) is 48.9 Å². The molecule has 2 aliphatic rings. The van der Waals surface area contributed by atoms with Crippen molar-refractivity contribution in [2.45, 2.75) is 56.1 Å². The number of nitrogens with one attached hydrogen (secondary N) is 1. The van der Waals surface area contributed by atoms with Crippen LogP contribution in [0.3, 0.4) is 0 Å². The van der Waals surface area contributed by atoms with Crippen LogP contribution < -0.4 is 11.3 Å². The number of ketones is 1. The molecule has 4 heterocycles. The van der Waals surface area contributed by atoms with Crippen molar-refractivity contribution in [2.75, 3.05) is 12.3 Å². The van der Waals surface area contributed by atoms with Crippen molar-refractivity contribution in [3.63, 3.8) is 0 Å². The molecule has 38 heavy (non-hydrogen) atoms. The highest BCUT2D eigenvalue weighted by molar-refractivity contribution is 7.61. The predicted octanol–water partition coefficient (Wildman–Crippen LogP) is -3.39. The van der Waals surface area contributed by atoms with Crippen molar-refractivity contribution in [1.29, 1.82) is 0 Å². The third kappa shape index (κ3) is 5.73. The minimum atomic E-state index is -5.53. The highest BCUT2D eigenvalue weighted by atomic mass is 31.3. The van der Waals surface area contributed by atoms with Crippen LogP contribution in [-0.2, 0) is 36.8 Å². The molecule has 2 aliphatic heterocycles. The lowest BCUT2D eigenvalue weighted by molar-refractivity contribution is -0.226. The number of aliphatic hydroxyl groups excluding tert-OH is 4. The molecule has 0 radical (unpaired) electrons. The van der Waals surface area contributed by atoms with Crippen molar-refractivity contribution in [2.24, 2.45) is 0 Å². The van der Waals surface area contributed by atoms with E-state index < -0.39 is 82.7 Å². The third-order valence-electron chi connectivity index (χ3n) is 5.54. The zero-order valence-corrected chi connectivity index (χ0v) is 20.9. The Hall–Kier alpha value is -2.16. The molecule has 4 rings (SSSR count). The van der Waals surface area contributed by atoms with Crippen molar-refractivity contribution in [1.82, 2.24) is 19.5 Å². The SMILES string of the molecule is C[C@H]1OC(OP(=O)(O)OP(=O)(O)OC[C@H]2O[C@@H](n3cnc4c(=O)[nH]c(N)nc43)[C@H](O)[C@@H]2O)[C@@H](O)[C@@H](O)C1=O. The number of hydrogen-bond acceptors (Lipinski definition) is 16. The number of phosphoric acid groups is 2. The maximum Gasteiger partial charge on any atom is 0.483 e. The smallest absolute Gasteiger partial charge is 0.387 e. The number of aromatic nitrogens is 4. The molecule has 212 valence electrons. The molecule has 22 heteroatoms. The first kappa shape index (κ1) is 28.8. The summed E-state index contributed by atoms with van der Waals surface area (Å²) in [6.45, 7) is 0.180. The number of aromatic amines is 1. The van der Waals surface area contributed by atoms with Crippen LogP contribution >= 0.6 is 15.6 Å². The van der Waals surface area contributed by atoms with Crippen LogP contribution in [0.1, 0.15) is 13.2 Å². The van der Waals surface area contributed by atoms with E-state index in [2.05, 4.69) is 28.3 Å². The summed E-state index contributed by atoms with van der Waals surface area (Å²) >= 11 is 0. The second-order valence-electron chi connectivity index (χ2n) is 8.23. The number of hydrogen-bond donors (Lipinski definition) is 8. The molecule has 2 aromatic rings. The standard InChI is InChI=1S/C16H23N5O15P2/c1-4-7(22)9(24)11(26)15(33-4)35-38(30,31)36-37(28,29)32-2-5-8(23)10(25)14(34-5)21-3-18-6-12(21)19-16(17)20-13(6)27/h3-5,8-11,14-15,23-26H,2H2,1H3,(H,28,29)(H,30,31)(H3,17,19,20,27)/t4-,5-,8-,9+,10-,11+,14-,15?/m1/s1. The number of nitrogens with zero attached hydrogens (tertiary/aromatic N) is 3. The number of imidazole rings is 1. The number of H-pyrrole nitrogens is 1. The van der Waals surface area contributed by atoms with Gasteiger partial charge in [-0.25, -0.2) is 14.1 Å². The maximum absolute atomic E-state index is 12.3. The Labute approximate surface area is 210 Å². The monoisotopic (exact) mass is 587 g/mol. The van der Waals surface area contributed by atoms with Gasteiger partial charge < -0.3 is 45.4 Å². The summed E-state index contributed by atoms with van der Waals surface area (Å²) in [4.78, 5) is 53.2. The van der Waals surface area contributed by atoms with Crippen LogP contribution in [0.4, 0.5) is 5.95 Å². The fourth-order valence-electron chi connectivity index (χ4n) is 3.69. The van der Waals surface area contributed by atoms with Gasteiger partial charge in [-0.05, 0) is 6.92 Å². The van der Waals surface area contributed by atoms with Gasteiger partial charge in [-0.1, -0.05) is 0 Å². The van der Waals surface area contributed by atoms with E-state index in [4.69, 9.17) is 15.2 Å². The largest absolute Gasteiger partial charge is 0.483 e. The first-order chi connectivity index (χ1) is 17.6. The quantitative estimate of drug-likeness (QED) is 0.140. The summed E-state index contributed by atoms with van der Waals surface area (Å²) in [5.41, 5.74) is 4.57. The molecule has 9 N–H and O–H groups in total. The van der Waals surface area contributed by atoms with Gasteiger partial charge in [0.25, 0.3) is 5.56 Å². The minimum absolute atomic E-state index is 0.105. The highest BCUT2D eigenvalue weighted by Gasteiger charge is 2.49. The number of nitrogens with two attached hydrogens (primary N) is 1. The zero-order chi connectivity index (χ0) is 28.2. The van der Waals surface area contributed by atoms with Gasteiger partial charge in [0.05, 0.1) is 12.9 Å². The fourth-order valence-corrected chi connectivity index (χ4v) is 5.85. The normalized spacial score (nSPS) is 35.3. The molecule has 2 saturated heterocycles. The molecule has 0 bridgehead atoms. The fraction of sp³-hybridized carbons (Fsp3) is 0.625. The summed E-state index contributed by atoms with van der Waals surface area (Å²) in [5.74, 6) is -1.21. The first-order valence-corrected chi connectivity index (χ1v) is 13.6. The topological polar surface area (TPSA) is 308 Å². The highest BCUT2D eigenvalue weighted by Crippen LogP contribution is 2.61.